The summed E-state index contributed by atoms with van der Waals surface area (Å²) in [5, 5.41) is 11.7. The van der Waals surface area contributed by atoms with Crippen LogP contribution in [0.25, 0.3) is 0 Å². The lowest BCUT2D eigenvalue weighted by atomic mass is 9.94. The fourth-order valence-corrected chi connectivity index (χ4v) is 5.20. The first kappa shape index (κ1) is 26.1. The van der Waals surface area contributed by atoms with E-state index in [-0.39, 0.29) is 12.0 Å². The monoisotopic (exact) mass is 571 g/mol. The quantitative estimate of drug-likeness (QED) is 0.312. The predicted molar refractivity (Wildman–Crippen MR) is 147 cm³/mol. The number of carbonyl (C=O) groups is 1. The molecule has 36 heavy (non-hydrogen) atoms. The van der Waals surface area contributed by atoms with Crippen LogP contribution in [0, 0.1) is 6.92 Å². The summed E-state index contributed by atoms with van der Waals surface area (Å²) in [5.74, 6) is 2.37. The maximum Gasteiger partial charge on any atom is 0.255 e. The van der Waals surface area contributed by atoms with Gasteiger partial charge in [-0.3, -0.25) is 4.79 Å². The number of nitrogens with zero attached hydrogens (tertiary/aromatic N) is 3. The summed E-state index contributed by atoms with van der Waals surface area (Å²) in [6.45, 7) is 9.84. The molecule has 3 aromatic rings. The molecule has 2 heterocycles. The third-order valence-corrected chi connectivity index (χ3v) is 6.86. The number of methoxy groups -OCH3 is 1. The van der Waals surface area contributed by atoms with Crippen molar-refractivity contribution < 1.29 is 14.3 Å². The summed E-state index contributed by atoms with van der Waals surface area (Å²) >= 11 is 5.20. The standard InChI is InChI=1S/C26H30BrN5O3S/c1-7-36-26-30-25-28-16(5)21(24(33)29-18-10-8-9-15(4)11-18)22(32(25)31-26)17-12-19(27)23(35-14(2)3)20(13-17)34-6/h8-14,22H,7H2,1-6H3,(H,29,33)(H,28,30,31). The van der Waals surface area contributed by atoms with Gasteiger partial charge in [-0.05, 0) is 84.8 Å². The van der Waals surface area contributed by atoms with Crippen molar-refractivity contribution in [1.29, 1.82) is 0 Å². The normalized spacial score (nSPS) is 14.9. The molecule has 0 fully saturated rings. The number of nitrogens with one attached hydrogen (secondary N) is 2. The molecule has 4 rings (SSSR count). The summed E-state index contributed by atoms with van der Waals surface area (Å²) < 4.78 is 14.2. The number of fused-ring (bicyclic) bond motifs is 1. The number of amides is 1. The molecule has 0 radical (unpaired) electrons. The van der Waals surface area contributed by atoms with Crippen LogP contribution >= 0.6 is 27.7 Å². The third-order valence-electron chi connectivity index (χ3n) is 5.55. The molecule has 190 valence electrons. The number of anilines is 2. The number of hydrogen-bond acceptors (Lipinski definition) is 7. The molecule has 0 spiro atoms. The molecule has 10 heteroatoms. The van der Waals surface area contributed by atoms with E-state index < -0.39 is 6.04 Å². The Bertz CT molecular complexity index is 1320. The number of ether oxygens (including phenoxy) is 2. The van der Waals surface area contributed by atoms with E-state index in [1.54, 1.807) is 23.6 Å². The summed E-state index contributed by atoms with van der Waals surface area (Å²) in [5.41, 5.74) is 3.84. The van der Waals surface area contributed by atoms with Gasteiger partial charge in [0.25, 0.3) is 5.91 Å². The summed E-state index contributed by atoms with van der Waals surface area (Å²) in [6.07, 6.45) is -0.0340. The Morgan fingerprint density at radius 1 is 1.28 bits per heavy atom. The topological polar surface area (TPSA) is 90.3 Å². The van der Waals surface area contributed by atoms with Gasteiger partial charge in [-0.15, -0.1) is 5.10 Å². The Morgan fingerprint density at radius 3 is 2.72 bits per heavy atom. The summed E-state index contributed by atoms with van der Waals surface area (Å²) in [7, 11) is 1.60. The first-order valence-corrected chi connectivity index (χ1v) is 13.5. The zero-order chi connectivity index (χ0) is 26.0. The second-order valence-electron chi connectivity index (χ2n) is 8.69. The summed E-state index contributed by atoms with van der Waals surface area (Å²) in [4.78, 5) is 18.4. The van der Waals surface area contributed by atoms with Crippen molar-refractivity contribution in [3.05, 3.63) is 63.3 Å². The van der Waals surface area contributed by atoms with E-state index in [0.29, 0.717) is 33.9 Å². The molecule has 1 unspecified atom stereocenters. The van der Waals surface area contributed by atoms with Crippen LogP contribution in [0.5, 0.6) is 11.5 Å². The van der Waals surface area contributed by atoms with Gasteiger partial charge in [0.1, 0.15) is 6.04 Å². The number of carbonyl (C=O) groups excluding carboxylic acids is 1. The van der Waals surface area contributed by atoms with E-state index in [1.807, 2.05) is 64.1 Å². The van der Waals surface area contributed by atoms with Crippen molar-refractivity contribution in [2.75, 3.05) is 23.5 Å². The maximum atomic E-state index is 13.7. The minimum absolute atomic E-state index is 0.0340. The number of halogens is 1. The molecular formula is C26H30BrN5O3S. The van der Waals surface area contributed by atoms with Gasteiger partial charge in [-0.2, -0.15) is 4.98 Å². The number of thioether (sulfide) groups is 1. The SMILES string of the molecule is CCSc1nc2n(n1)C(c1cc(Br)c(OC(C)C)c(OC)c1)C(C(=O)Nc1cccc(C)c1)=C(C)N2. The van der Waals surface area contributed by atoms with Crippen LogP contribution in [0.3, 0.4) is 0 Å². The summed E-state index contributed by atoms with van der Waals surface area (Å²) in [6, 6.07) is 11.0. The van der Waals surface area contributed by atoms with Crippen LogP contribution in [0.2, 0.25) is 0 Å². The minimum atomic E-state index is -0.539. The van der Waals surface area contributed by atoms with Crippen molar-refractivity contribution in [2.45, 2.75) is 51.9 Å². The van der Waals surface area contributed by atoms with Gasteiger partial charge >= 0.3 is 0 Å². The van der Waals surface area contributed by atoms with Crippen molar-refractivity contribution in [2.24, 2.45) is 0 Å². The minimum Gasteiger partial charge on any atom is -0.493 e. The lowest BCUT2D eigenvalue weighted by Crippen LogP contribution is -2.31. The fourth-order valence-electron chi connectivity index (χ4n) is 4.09. The van der Waals surface area contributed by atoms with E-state index in [9.17, 15) is 4.79 Å². The molecule has 0 aliphatic carbocycles. The number of allylic oxidation sites excluding steroid dienone is 1. The van der Waals surface area contributed by atoms with Crippen molar-refractivity contribution >= 4 is 45.2 Å². The largest absolute Gasteiger partial charge is 0.493 e. The fraction of sp³-hybridized carbons (Fsp3) is 0.346. The molecule has 0 bridgehead atoms. The molecule has 1 aliphatic heterocycles. The van der Waals surface area contributed by atoms with Crippen LogP contribution in [0.15, 0.2) is 57.3 Å². The second-order valence-corrected chi connectivity index (χ2v) is 10.8. The molecule has 8 nitrogen and oxygen atoms in total. The molecule has 1 aromatic heterocycles. The van der Waals surface area contributed by atoms with Crippen LogP contribution in [-0.4, -0.2) is 39.6 Å². The Morgan fingerprint density at radius 2 is 2.06 bits per heavy atom. The molecule has 1 atom stereocenters. The zero-order valence-electron chi connectivity index (χ0n) is 21.2. The average Bonchev–Trinajstić information content (AvgIpc) is 3.21. The molecule has 1 amide bonds. The van der Waals surface area contributed by atoms with E-state index in [2.05, 4.69) is 38.5 Å². The van der Waals surface area contributed by atoms with Gasteiger partial charge in [0.15, 0.2) is 11.5 Å². The number of hydrogen-bond donors (Lipinski definition) is 2. The highest BCUT2D eigenvalue weighted by molar-refractivity contribution is 9.10. The van der Waals surface area contributed by atoms with Gasteiger partial charge in [0.05, 0.1) is 23.3 Å². The molecule has 0 saturated carbocycles. The Kier molecular flexibility index (Phi) is 7.94. The molecule has 2 N–H and O–H groups in total. The van der Waals surface area contributed by atoms with Crippen LogP contribution < -0.4 is 20.1 Å². The zero-order valence-corrected chi connectivity index (χ0v) is 23.6. The van der Waals surface area contributed by atoms with E-state index >= 15 is 0 Å². The number of aryl methyl sites for hydroxylation is 1. The van der Waals surface area contributed by atoms with E-state index in [4.69, 9.17) is 14.6 Å². The smallest absolute Gasteiger partial charge is 0.255 e. The highest BCUT2D eigenvalue weighted by Crippen LogP contribution is 2.43. The van der Waals surface area contributed by atoms with Gasteiger partial charge in [-0.25, -0.2) is 4.68 Å². The highest BCUT2D eigenvalue weighted by Gasteiger charge is 2.35. The lowest BCUT2D eigenvalue weighted by molar-refractivity contribution is -0.113. The maximum absolute atomic E-state index is 13.7. The highest BCUT2D eigenvalue weighted by atomic mass is 79.9. The van der Waals surface area contributed by atoms with Gasteiger partial charge in [0.2, 0.25) is 11.1 Å². The first-order valence-electron chi connectivity index (χ1n) is 11.7. The Balaban J connectivity index is 1.84. The third kappa shape index (κ3) is 5.39. The van der Waals surface area contributed by atoms with E-state index in [1.165, 1.54) is 0 Å². The number of benzene rings is 2. The van der Waals surface area contributed by atoms with Crippen LogP contribution in [0.1, 0.15) is 44.9 Å². The van der Waals surface area contributed by atoms with Gasteiger partial charge in [-0.1, -0.05) is 30.8 Å². The van der Waals surface area contributed by atoms with Gasteiger partial charge in [0, 0.05) is 11.4 Å². The number of rotatable bonds is 8. The second kappa shape index (κ2) is 11.0. The average molecular weight is 573 g/mol. The molecular weight excluding hydrogens is 542 g/mol. The van der Waals surface area contributed by atoms with Crippen molar-refractivity contribution in [1.82, 2.24) is 14.8 Å². The van der Waals surface area contributed by atoms with Crippen molar-refractivity contribution in [3.8, 4) is 11.5 Å². The molecule has 0 saturated heterocycles. The van der Waals surface area contributed by atoms with E-state index in [0.717, 1.165) is 27.0 Å². The predicted octanol–water partition coefficient (Wildman–Crippen LogP) is 6.18. The molecule has 2 aromatic carbocycles. The Labute approximate surface area is 224 Å². The van der Waals surface area contributed by atoms with Crippen molar-refractivity contribution in [3.63, 3.8) is 0 Å². The first-order chi connectivity index (χ1) is 17.2. The number of aromatic nitrogens is 3. The molecule has 1 aliphatic rings. The Hall–Kier alpha value is -2.98. The van der Waals surface area contributed by atoms with Crippen LogP contribution in [0.4, 0.5) is 11.6 Å². The lowest BCUT2D eigenvalue weighted by Gasteiger charge is -2.29. The van der Waals surface area contributed by atoms with Gasteiger partial charge < -0.3 is 20.1 Å². The van der Waals surface area contributed by atoms with Crippen LogP contribution in [-0.2, 0) is 4.79 Å².